The molecule has 27 heavy (non-hydrogen) atoms. The highest BCUT2D eigenvalue weighted by molar-refractivity contribution is 6.33. The third-order valence-corrected chi connectivity index (χ3v) is 5.17. The summed E-state index contributed by atoms with van der Waals surface area (Å²) in [5.41, 5.74) is -0.449. The number of hydrogen-bond acceptors (Lipinski definition) is 5. The van der Waals surface area contributed by atoms with Crippen molar-refractivity contribution in [2.45, 2.75) is 31.8 Å². The number of aromatic hydroxyl groups is 2. The van der Waals surface area contributed by atoms with Crippen molar-refractivity contribution in [1.82, 2.24) is 0 Å². The molecule has 0 unspecified atom stereocenters. The number of benzene rings is 1. The normalized spacial score (nSPS) is 27.3. The second-order valence-corrected chi connectivity index (χ2v) is 7.11. The lowest BCUT2D eigenvalue weighted by atomic mass is 10.00. The summed E-state index contributed by atoms with van der Waals surface area (Å²) >= 11 is 6.01. The van der Waals surface area contributed by atoms with Crippen molar-refractivity contribution in [2.75, 3.05) is 0 Å². The van der Waals surface area contributed by atoms with E-state index in [2.05, 4.69) is 0 Å². The zero-order valence-electron chi connectivity index (χ0n) is 14.3. The second-order valence-electron chi connectivity index (χ2n) is 6.73. The average Bonchev–Trinajstić information content (AvgIpc) is 3.07. The molecule has 0 amide bonds. The van der Waals surface area contributed by atoms with Gasteiger partial charge < -0.3 is 14.9 Å². The monoisotopic (exact) mass is 398 g/mol. The van der Waals surface area contributed by atoms with Gasteiger partial charge in [0.2, 0.25) is 0 Å². The van der Waals surface area contributed by atoms with Gasteiger partial charge in [-0.1, -0.05) is 29.8 Å². The number of halogens is 3. The Kier molecular flexibility index (Phi) is 4.99. The van der Waals surface area contributed by atoms with E-state index in [1.165, 1.54) is 25.2 Å². The molecule has 1 aliphatic heterocycles. The Labute approximate surface area is 158 Å². The Balaban J connectivity index is 2.02. The average molecular weight is 399 g/mol. The summed E-state index contributed by atoms with van der Waals surface area (Å²) < 4.78 is 32.9. The first kappa shape index (κ1) is 19.4. The lowest BCUT2D eigenvalue weighted by molar-refractivity contribution is -0.114. The number of hydrogen-bond donors (Lipinski definition) is 2. The van der Waals surface area contributed by atoms with Crippen LogP contribution in [0, 0.1) is 11.8 Å². The summed E-state index contributed by atoms with van der Waals surface area (Å²) in [6.45, 7) is 1.47. The first-order valence-corrected chi connectivity index (χ1v) is 8.70. The van der Waals surface area contributed by atoms with Crippen molar-refractivity contribution in [3.63, 3.8) is 0 Å². The SMILES string of the molecule is C[C@@H]1C[C@@H]2[C@@H](C=CC=CC(=O)Cc3c(Cl)c(O)cc(O)c3C(=O)O1)C2(F)F. The van der Waals surface area contributed by atoms with Crippen molar-refractivity contribution in [2.24, 2.45) is 11.8 Å². The fraction of sp³-hybridized carbons (Fsp3) is 0.368. The molecule has 0 radical (unpaired) electrons. The molecule has 1 saturated carbocycles. The molecule has 5 nitrogen and oxygen atoms in total. The van der Waals surface area contributed by atoms with Crippen molar-refractivity contribution in [3.05, 3.63) is 46.5 Å². The summed E-state index contributed by atoms with van der Waals surface area (Å²) in [5.74, 6) is -7.45. The van der Waals surface area contributed by atoms with Crippen LogP contribution < -0.4 is 0 Å². The molecule has 0 aromatic heterocycles. The van der Waals surface area contributed by atoms with Crippen LogP contribution in [-0.4, -0.2) is 34.0 Å². The summed E-state index contributed by atoms with van der Waals surface area (Å²) in [6.07, 6.45) is 3.89. The molecule has 1 aliphatic carbocycles. The standard InChI is InChI=1S/C19H17ClF2O5/c1-9-6-13-12(19(13,21)22)5-3-2-4-10(23)7-11-16(18(26)27-9)14(24)8-15(25)17(11)20/h2-5,8-9,12-13,24-25H,6-7H2,1H3/t9-,12-,13-/m1/s1. The number of ketones is 1. The predicted octanol–water partition coefficient (Wildman–Crippen LogP) is 3.81. The first-order chi connectivity index (χ1) is 12.6. The minimum absolute atomic E-state index is 0.0572. The molecule has 144 valence electrons. The Hall–Kier alpha value is -2.41. The highest BCUT2D eigenvalue weighted by Gasteiger charge is 2.66. The third kappa shape index (κ3) is 3.69. The van der Waals surface area contributed by atoms with Gasteiger partial charge in [-0.15, -0.1) is 0 Å². The van der Waals surface area contributed by atoms with Crippen LogP contribution in [0.15, 0.2) is 30.4 Å². The van der Waals surface area contributed by atoms with Crippen LogP contribution in [0.3, 0.4) is 0 Å². The second kappa shape index (κ2) is 6.96. The van der Waals surface area contributed by atoms with Gasteiger partial charge in [0, 0.05) is 24.0 Å². The quantitative estimate of drug-likeness (QED) is 0.649. The molecule has 1 aromatic carbocycles. The van der Waals surface area contributed by atoms with E-state index in [1.54, 1.807) is 0 Å². The van der Waals surface area contributed by atoms with Crippen molar-refractivity contribution in [3.8, 4) is 11.5 Å². The minimum Gasteiger partial charge on any atom is -0.507 e. The predicted molar refractivity (Wildman–Crippen MR) is 93.2 cm³/mol. The minimum atomic E-state index is -2.90. The van der Waals surface area contributed by atoms with Crippen LogP contribution in [0.2, 0.25) is 5.02 Å². The summed E-state index contributed by atoms with van der Waals surface area (Å²) in [7, 11) is 0. The van der Waals surface area contributed by atoms with Crippen LogP contribution in [0.4, 0.5) is 8.78 Å². The molecule has 8 heteroatoms. The fourth-order valence-electron chi connectivity index (χ4n) is 3.29. The van der Waals surface area contributed by atoms with E-state index in [0.717, 1.165) is 12.1 Å². The van der Waals surface area contributed by atoms with E-state index in [-0.39, 0.29) is 29.0 Å². The molecule has 2 N–H and O–H groups in total. The maximum atomic E-state index is 13.9. The van der Waals surface area contributed by atoms with E-state index in [0.29, 0.717) is 0 Å². The number of alkyl halides is 2. The van der Waals surface area contributed by atoms with Gasteiger partial charge in [-0.3, -0.25) is 4.79 Å². The Morgan fingerprint density at radius 3 is 2.63 bits per heavy atom. The molecule has 0 saturated heterocycles. The lowest BCUT2D eigenvalue weighted by Crippen LogP contribution is -2.19. The lowest BCUT2D eigenvalue weighted by Gasteiger charge is -2.17. The number of fused-ring (bicyclic) bond motifs is 2. The first-order valence-electron chi connectivity index (χ1n) is 8.32. The molecular formula is C19H17ClF2O5. The van der Waals surface area contributed by atoms with Crippen LogP contribution in [0.25, 0.3) is 0 Å². The van der Waals surface area contributed by atoms with Gasteiger partial charge in [-0.2, -0.15) is 0 Å². The van der Waals surface area contributed by atoms with Crippen molar-refractivity contribution >= 4 is 23.4 Å². The van der Waals surface area contributed by atoms with Gasteiger partial charge in [0.15, 0.2) is 5.78 Å². The van der Waals surface area contributed by atoms with Gasteiger partial charge in [-0.05, 0) is 19.4 Å². The number of rotatable bonds is 0. The maximum Gasteiger partial charge on any atom is 0.342 e. The highest BCUT2D eigenvalue weighted by atomic mass is 35.5. The van der Waals surface area contributed by atoms with E-state index in [4.69, 9.17) is 16.3 Å². The zero-order chi connectivity index (χ0) is 19.9. The Morgan fingerprint density at radius 2 is 1.93 bits per heavy atom. The zero-order valence-corrected chi connectivity index (χ0v) is 15.0. The molecular weight excluding hydrogens is 382 g/mol. The van der Waals surface area contributed by atoms with Crippen LogP contribution in [-0.2, 0) is 16.0 Å². The molecule has 1 fully saturated rings. The summed E-state index contributed by atoms with van der Waals surface area (Å²) in [5, 5.41) is 19.6. The number of ether oxygens (including phenoxy) is 1. The number of carbonyl (C=O) groups excluding carboxylic acids is 2. The van der Waals surface area contributed by atoms with E-state index < -0.39 is 47.1 Å². The van der Waals surface area contributed by atoms with Crippen molar-refractivity contribution < 1.29 is 33.3 Å². The number of carbonyl (C=O) groups is 2. The van der Waals surface area contributed by atoms with Crippen molar-refractivity contribution in [1.29, 1.82) is 0 Å². The number of allylic oxidation sites excluding steroid dienone is 4. The molecule has 0 bridgehead atoms. The Bertz CT molecular complexity index is 862. The third-order valence-electron chi connectivity index (χ3n) is 4.75. The van der Waals surface area contributed by atoms with Crippen LogP contribution in [0.5, 0.6) is 11.5 Å². The maximum absolute atomic E-state index is 13.9. The Morgan fingerprint density at radius 1 is 1.22 bits per heavy atom. The van der Waals surface area contributed by atoms with Gasteiger partial charge in [0.25, 0.3) is 5.92 Å². The molecule has 3 rings (SSSR count). The van der Waals surface area contributed by atoms with Gasteiger partial charge in [-0.25, -0.2) is 13.6 Å². The molecule has 0 spiro atoms. The largest absolute Gasteiger partial charge is 0.507 e. The van der Waals surface area contributed by atoms with E-state index >= 15 is 0 Å². The molecule has 1 heterocycles. The van der Waals surface area contributed by atoms with Gasteiger partial charge in [0.05, 0.1) is 17.0 Å². The number of esters is 1. The van der Waals surface area contributed by atoms with E-state index in [1.807, 2.05) is 0 Å². The summed E-state index contributed by atoms with van der Waals surface area (Å²) in [4.78, 5) is 24.6. The van der Waals surface area contributed by atoms with Crippen LogP contribution >= 0.6 is 11.6 Å². The number of cyclic esters (lactones) is 1. The smallest absolute Gasteiger partial charge is 0.342 e. The molecule has 2 aliphatic rings. The highest BCUT2D eigenvalue weighted by Crippen LogP contribution is 2.58. The molecule has 1 aromatic rings. The molecule has 3 atom stereocenters. The number of phenols is 2. The number of phenolic OH excluding ortho intramolecular Hbond substituents is 2. The van der Waals surface area contributed by atoms with E-state index in [9.17, 15) is 28.6 Å². The summed E-state index contributed by atoms with van der Waals surface area (Å²) in [6, 6.07) is 0.865. The van der Waals surface area contributed by atoms with Gasteiger partial charge >= 0.3 is 5.97 Å². The topological polar surface area (TPSA) is 83.8 Å². The fourth-order valence-corrected chi connectivity index (χ4v) is 3.50. The van der Waals surface area contributed by atoms with Crippen LogP contribution in [0.1, 0.15) is 29.3 Å². The van der Waals surface area contributed by atoms with Gasteiger partial charge in [0.1, 0.15) is 17.1 Å².